The Balaban J connectivity index is 2.41. The van der Waals surface area contributed by atoms with Crippen LogP contribution in [0, 0.1) is 12.7 Å². The van der Waals surface area contributed by atoms with Crippen LogP contribution < -0.4 is 4.72 Å². The van der Waals surface area contributed by atoms with Gasteiger partial charge in [0.2, 0.25) is 10.0 Å². The minimum atomic E-state index is -3.88. The number of hydrogen-bond acceptors (Lipinski definition) is 3. The molecule has 0 aliphatic rings. The maximum Gasteiger partial charge on any atom is 0.241 e. The first kappa shape index (κ1) is 19.0. The van der Waals surface area contributed by atoms with Gasteiger partial charge in [-0.1, -0.05) is 43.3 Å². The van der Waals surface area contributed by atoms with E-state index in [-0.39, 0.29) is 22.7 Å². The molecule has 25 heavy (non-hydrogen) atoms. The van der Waals surface area contributed by atoms with Crippen molar-refractivity contribution < 1.29 is 17.6 Å². The van der Waals surface area contributed by atoms with Gasteiger partial charge in [0.15, 0.2) is 5.78 Å². The van der Waals surface area contributed by atoms with Gasteiger partial charge >= 0.3 is 0 Å². The molecule has 1 N–H and O–H groups in total. The average molecular weight is 361 g/mol. The molecular formula is C19H20FNO3S. The molecule has 0 aliphatic carbocycles. The zero-order valence-corrected chi connectivity index (χ0v) is 14.9. The predicted molar refractivity (Wildman–Crippen MR) is 95.1 cm³/mol. The van der Waals surface area contributed by atoms with Crippen molar-refractivity contribution in [3.63, 3.8) is 0 Å². The van der Waals surface area contributed by atoms with Crippen LogP contribution in [0.5, 0.6) is 0 Å². The lowest BCUT2D eigenvalue weighted by molar-refractivity contribution is -0.115. The van der Waals surface area contributed by atoms with Crippen LogP contribution in [0.2, 0.25) is 0 Å². The summed E-state index contributed by atoms with van der Waals surface area (Å²) in [7, 11) is -3.88. The molecule has 2 rings (SSSR count). The minimum Gasteiger partial charge on any atom is -0.295 e. The highest BCUT2D eigenvalue weighted by Gasteiger charge is 2.26. The van der Waals surface area contributed by atoms with Crippen LogP contribution in [0.4, 0.5) is 4.39 Å². The van der Waals surface area contributed by atoms with Crippen LogP contribution in [0.3, 0.4) is 0 Å². The number of rotatable bonds is 7. The number of benzene rings is 2. The largest absolute Gasteiger partial charge is 0.295 e. The molecule has 2 aromatic carbocycles. The summed E-state index contributed by atoms with van der Waals surface area (Å²) >= 11 is 0. The number of sulfonamides is 1. The number of halogens is 1. The van der Waals surface area contributed by atoms with Gasteiger partial charge in [-0.25, -0.2) is 12.8 Å². The van der Waals surface area contributed by atoms with Gasteiger partial charge in [0.05, 0.1) is 10.9 Å². The Morgan fingerprint density at radius 1 is 1.12 bits per heavy atom. The summed E-state index contributed by atoms with van der Waals surface area (Å²) in [6.07, 6.45) is 0.197. The molecule has 0 fully saturated rings. The number of carbonyl (C=O) groups excluding carboxylic acids is 1. The fourth-order valence-electron chi connectivity index (χ4n) is 2.32. The van der Waals surface area contributed by atoms with E-state index >= 15 is 0 Å². The Hall–Kier alpha value is -2.31. The van der Waals surface area contributed by atoms with Gasteiger partial charge in [-0.15, -0.1) is 0 Å². The Labute approximate surface area is 147 Å². The zero-order valence-electron chi connectivity index (χ0n) is 14.1. The third-order valence-corrected chi connectivity index (χ3v) is 5.27. The fraction of sp³-hybridized carbons (Fsp3) is 0.211. The van der Waals surface area contributed by atoms with E-state index in [9.17, 15) is 17.6 Å². The van der Waals surface area contributed by atoms with E-state index in [1.165, 1.54) is 36.4 Å². The second-order valence-electron chi connectivity index (χ2n) is 5.72. The van der Waals surface area contributed by atoms with Crippen LogP contribution in [0.1, 0.15) is 30.5 Å². The monoisotopic (exact) mass is 361 g/mol. The molecule has 6 heteroatoms. The van der Waals surface area contributed by atoms with Gasteiger partial charge in [0, 0.05) is 12.0 Å². The van der Waals surface area contributed by atoms with Crippen molar-refractivity contribution in [3.05, 3.63) is 77.6 Å². The molecule has 0 aromatic heterocycles. The van der Waals surface area contributed by atoms with Crippen LogP contribution in [0.15, 0.2) is 65.6 Å². The minimum absolute atomic E-state index is 0.0851. The summed E-state index contributed by atoms with van der Waals surface area (Å²) in [5.41, 5.74) is 1.49. The number of ketones is 1. The molecule has 0 saturated heterocycles. The third-order valence-electron chi connectivity index (χ3n) is 3.84. The molecule has 0 unspecified atom stereocenters. The summed E-state index contributed by atoms with van der Waals surface area (Å²) < 4.78 is 41.0. The van der Waals surface area contributed by atoms with Crippen molar-refractivity contribution >= 4 is 15.8 Å². The highest BCUT2D eigenvalue weighted by Crippen LogP contribution is 2.25. The Bertz CT molecular complexity index is 872. The maximum absolute atomic E-state index is 13.2. The van der Waals surface area contributed by atoms with Crippen molar-refractivity contribution in [2.24, 2.45) is 0 Å². The molecule has 0 amide bonds. The van der Waals surface area contributed by atoms with Crippen molar-refractivity contribution in [1.82, 2.24) is 4.72 Å². The summed E-state index contributed by atoms with van der Waals surface area (Å²) in [5, 5.41) is 0. The number of hydrogen-bond donors (Lipinski definition) is 1. The van der Waals surface area contributed by atoms with Gasteiger partial charge in [-0.3, -0.25) is 4.79 Å². The molecule has 4 nitrogen and oxygen atoms in total. The van der Waals surface area contributed by atoms with Crippen LogP contribution in [-0.2, 0) is 14.8 Å². The van der Waals surface area contributed by atoms with Gasteiger partial charge < -0.3 is 0 Å². The van der Waals surface area contributed by atoms with Gasteiger partial charge in [-0.2, -0.15) is 4.72 Å². The summed E-state index contributed by atoms with van der Waals surface area (Å²) in [6.45, 7) is 7.27. The van der Waals surface area contributed by atoms with Crippen LogP contribution >= 0.6 is 0 Å². The molecule has 0 spiro atoms. The molecule has 1 atom stereocenters. The lowest BCUT2D eigenvalue weighted by atomic mass is 9.97. The normalized spacial score (nSPS) is 12.6. The van der Waals surface area contributed by atoms with E-state index in [1.807, 2.05) is 6.92 Å². The van der Waals surface area contributed by atoms with Crippen molar-refractivity contribution in [2.75, 3.05) is 0 Å². The first-order valence-corrected chi connectivity index (χ1v) is 9.29. The molecule has 2 aromatic rings. The quantitative estimate of drug-likeness (QED) is 0.765. The smallest absolute Gasteiger partial charge is 0.241 e. The fourth-order valence-corrected chi connectivity index (χ4v) is 3.54. The molecule has 0 bridgehead atoms. The van der Waals surface area contributed by atoms with E-state index in [0.717, 1.165) is 5.56 Å². The van der Waals surface area contributed by atoms with Crippen molar-refractivity contribution in [1.29, 1.82) is 0 Å². The molecule has 0 radical (unpaired) electrons. The molecule has 0 saturated carbocycles. The lowest BCUT2D eigenvalue weighted by Crippen LogP contribution is -2.31. The van der Waals surface area contributed by atoms with Crippen molar-refractivity contribution in [3.8, 4) is 0 Å². The summed E-state index contributed by atoms with van der Waals surface area (Å²) in [5.74, 6) is -0.711. The van der Waals surface area contributed by atoms with Gasteiger partial charge in [0.25, 0.3) is 0 Å². The van der Waals surface area contributed by atoms with Gasteiger partial charge in [0.1, 0.15) is 5.82 Å². The van der Waals surface area contributed by atoms with Crippen LogP contribution in [-0.4, -0.2) is 14.2 Å². The zero-order chi connectivity index (χ0) is 18.6. The van der Waals surface area contributed by atoms with E-state index < -0.39 is 21.9 Å². The van der Waals surface area contributed by atoms with E-state index in [0.29, 0.717) is 5.56 Å². The summed E-state index contributed by atoms with van der Waals surface area (Å²) in [6, 6.07) is 10.7. The maximum atomic E-state index is 13.2. The number of carbonyl (C=O) groups is 1. The second-order valence-corrected chi connectivity index (χ2v) is 7.43. The topological polar surface area (TPSA) is 63.2 Å². The van der Waals surface area contributed by atoms with Crippen LogP contribution in [0.25, 0.3) is 0 Å². The SMILES string of the molecule is C=C(C(=O)CC)[C@H](NS(=O)(=O)c1ccc(C)cc1)c1ccc(F)cc1. The first-order chi connectivity index (χ1) is 11.7. The number of nitrogens with one attached hydrogen (secondary N) is 1. The highest BCUT2D eigenvalue weighted by atomic mass is 32.2. The first-order valence-electron chi connectivity index (χ1n) is 7.81. The molecule has 0 aliphatic heterocycles. The number of aryl methyl sites for hydroxylation is 1. The second kappa shape index (κ2) is 7.72. The standard InChI is InChI=1S/C19H20FNO3S/c1-4-18(22)14(3)19(15-7-9-16(20)10-8-15)21-25(23,24)17-11-5-13(2)6-12-17/h5-12,19,21H,3-4H2,1-2H3/t19-/m0/s1. The van der Waals surface area contributed by atoms with Gasteiger partial charge in [-0.05, 0) is 36.8 Å². The highest BCUT2D eigenvalue weighted by molar-refractivity contribution is 7.89. The molecular weight excluding hydrogens is 341 g/mol. The summed E-state index contributed by atoms with van der Waals surface area (Å²) in [4.78, 5) is 12.1. The molecule has 0 heterocycles. The van der Waals surface area contributed by atoms with E-state index in [4.69, 9.17) is 0 Å². The Kier molecular flexibility index (Phi) is 5.87. The predicted octanol–water partition coefficient (Wildman–Crippen LogP) is 3.69. The van der Waals surface area contributed by atoms with Crippen molar-refractivity contribution in [2.45, 2.75) is 31.2 Å². The van der Waals surface area contributed by atoms with E-state index in [2.05, 4.69) is 11.3 Å². The van der Waals surface area contributed by atoms with E-state index in [1.54, 1.807) is 19.1 Å². The number of Topliss-reactive ketones (excluding diaryl/α,β-unsaturated/α-hetero) is 1. The Morgan fingerprint density at radius 3 is 2.20 bits per heavy atom. The average Bonchev–Trinajstić information content (AvgIpc) is 2.59. The lowest BCUT2D eigenvalue weighted by Gasteiger charge is -2.21. The molecule has 132 valence electrons. The third kappa shape index (κ3) is 4.61. The Morgan fingerprint density at radius 2 is 1.68 bits per heavy atom.